The van der Waals surface area contributed by atoms with Crippen LogP contribution in [0.1, 0.15) is 6.42 Å². The molecule has 1 N–H and O–H groups in total. The minimum atomic E-state index is -0.280. The first-order valence-electron chi connectivity index (χ1n) is 3.29. The monoisotopic (exact) mass is 130 g/mol. The highest BCUT2D eigenvalue weighted by Crippen LogP contribution is 2.30. The van der Waals surface area contributed by atoms with Crippen LogP contribution < -0.4 is 0 Å². The smallest absolute Gasteiger partial charge is 0.163 e. The average molecular weight is 130 g/mol. The number of ether oxygens (including phenoxy) is 2. The van der Waals surface area contributed by atoms with Crippen LogP contribution in [0, 0.1) is 5.92 Å². The predicted octanol–water partition coefficient (Wildman–Crippen LogP) is -0.260. The van der Waals surface area contributed by atoms with Crippen molar-refractivity contribution in [3.8, 4) is 0 Å². The first-order valence-corrected chi connectivity index (χ1v) is 3.29. The maximum atomic E-state index is 9.19. The Morgan fingerprint density at radius 2 is 2.22 bits per heavy atom. The standard InChI is InChI=1S/C6H10O3/c7-5-3-9-6-4(5)1-2-8-6/h4-7H,1-3H2/t4?,5-,6?/m0/s1. The highest BCUT2D eigenvalue weighted by Gasteiger charge is 2.40. The fourth-order valence-corrected chi connectivity index (χ4v) is 1.44. The molecule has 0 radical (unpaired) electrons. The molecule has 0 saturated carbocycles. The first kappa shape index (κ1) is 5.65. The van der Waals surface area contributed by atoms with Gasteiger partial charge in [0, 0.05) is 5.92 Å². The van der Waals surface area contributed by atoms with Gasteiger partial charge in [-0.3, -0.25) is 0 Å². The van der Waals surface area contributed by atoms with Crippen LogP contribution in [0.25, 0.3) is 0 Å². The minimum Gasteiger partial charge on any atom is -0.390 e. The minimum absolute atomic E-state index is 0.0972. The molecule has 2 aliphatic heterocycles. The molecular formula is C6H10O3. The van der Waals surface area contributed by atoms with Gasteiger partial charge in [0.25, 0.3) is 0 Å². The first-order chi connectivity index (χ1) is 4.38. The summed E-state index contributed by atoms with van der Waals surface area (Å²) in [6.07, 6.45) is 0.573. The number of hydrogen-bond donors (Lipinski definition) is 1. The number of aliphatic hydroxyl groups is 1. The molecule has 0 aromatic heterocycles. The van der Waals surface area contributed by atoms with Crippen LogP contribution >= 0.6 is 0 Å². The predicted molar refractivity (Wildman–Crippen MR) is 29.8 cm³/mol. The van der Waals surface area contributed by atoms with E-state index in [1.54, 1.807) is 0 Å². The maximum absolute atomic E-state index is 9.19. The van der Waals surface area contributed by atoms with E-state index in [4.69, 9.17) is 9.47 Å². The van der Waals surface area contributed by atoms with Gasteiger partial charge in [-0.25, -0.2) is 0 Å². The van der Waals surface area contributed by atoms with Crippen molar-refractivity contribution in [2.24, 2.45) is 5.92 Å². The van der Waals surface area contributed by atoms with Gasteiger partial charge < -0.3 is 14.6 Å². The van der Waals surface area contributed by atoms with Crippen LogP contribution in [0.15, 0.2) is 0 Å². The van der Waals surface area contributed by atoms with E-state index in [0.29, 0.717) is 6.61 Å². The summed E-state index contributed by atoms with van der Waals surface area (Å²) in [4.78, 5) is 0. The van der Waals surface area contributed by atoms with Gasteiger partial charge in [0.05, 0.1) is 19.3 Å². The Morgan fingerprint density at radius 3 is 3.00 bits per heavy atom. The molecule has 2 fully saturated rings. The molecule has 0 amide bonds. The Bertz CT molecular complexity index is 115. The Balaban J connectivity index is 2.07. The van der Waals surface area contributed by atoms with Crippen LogP contribution in [-0.4, -0.2) is 30.7 Å². The molecule has 52 valence electrons. The zero-order chi connectivity index (χ0) is 6.27. The summed E-state index contributed by atoms with van der Waals surface area (Å²) in [5.74, 6) is 0.255. The average Bonchev–Trinajstić information content (AvgIpc) is 2.35. The van der Waals surface area contributed by atoms with E-state index in [2.05, 4.69) is 0 Å². The van der Waals surface area contributed by atoms with Gasteiger partial charge in [-0.1, -0.05) is 0 Å². The van der Waals surface area contributed by atoms with Crippen LogP contribution in [-0.2, 0) is 9.47 Å². The molecule has 0 spiro atoms. The van der Waals surface area contributed by atoms with Crippen molar-refractivity contribution < 1.29 is 14.6 Å². The van der Waals surface area contributed by atoms with Gasteiger partial charge in [0.1, 0.15) is 0 Å². The van der Waals surface area contributed by atoms with Crippen molar-refractivity contribution >= 4 is 0 Å². The third-order valence-electron chi connectivity index (χ3n) is 2.01. The lowest BCUT2D eigenvalue weighted by Crippen LogP contribution is -2.18. The van der Waals surface area contributed by atoms with Gasteiger partial charge in [-0.05, 0) is 6.42 Å². The molecular weight excluding hydrogens is 120 g/mol. The molecule has 2 rings (SSSR count). The largest absolute Gasteiger partial charge is 0.390 e. The lowest BCUT2D eigenvalue weighted by atomic mass is 10.0. The van der Waals surface area contributed by atoms with Gasteiger partial charge >= 0.3 is 0 Å². The van der Waals surface area contributed by atoms with Crippen LogP contribution in [0.5, 0.6) is 0 Å². The van der Waals surface area contributed by atoms with E-state index in [1.807, 2.05) is 0 Å². The van der Waals surface area contributed by atoms with Gasteiger partial charge in [-0.15, -0.1) is 0 Å². The zero-order valence-electron chi connectivity index (χ0n) is 5.12. The lowest BCUT2D eigenvalue weighted by Gasteiger charge is -2.06. The zero-order valence-corrected chi connectivity index (χ0v) is 5.12. The summed E-state index contributed by atoms with van der Waals surface area (Å²) >= 11 is 0. The van der Waals surface area contributed by atoms with E-state index >= 15 is 0 Å². The van der Waals surface area contributed by atoms with E-state index in [-0.39, 0.29) is 18.3 Å². The van der Waals surface area contributed by atoms with Gasteiger partial charge in [0.2, 0.25) is 0 Å². The van der Waals surface area contributed by atoms with Crippen LogP contribution in [0.3, 0.4) is 0 Å². The summed E-state index contributed by atoms with van der Waals surface area (Å²) in [7, 11) is 0. The quantitative estimate of drug-likeness (QED) is 0.491. The van der Waals surface area contributed by atoms with Crippen molar-refractivity contribution in [2.45, 2.75) is 18.8 Å². The molecule has 0 bridgehead atoms. The molecule has 0 aromatic carbocycles. The highest BCUT2D eigenvalue weighted by atomic mass is 16.7. The van der Waals surface area contributed by atoms with E-state index in [0.717, 1.165) is 13.0 Å². The number of fused-ring (bicyclic) bond motifs is 1. The second-order valence-corrected chi connectivity index (χ2v) is 2.59. The van der Waals surface area contributed by atoms with Gasteiger partial charge in [0.15, 0.2) is 6.29 Å². The van der Waals surface area contributed by atoms with Crippen molar-refractivity contribution in [3.05, 3.63) is 0 Å². The molecule has 2 unspecified atom stereocenters. The summed E-state index contributed by atoms with van der Waals surface area (Å²) in [5.41, 5.74) is 0. The summed E-state index contributed by atoms with van der Waals surface area (Å²) < 4.78 is 10.3. The third-order valence-corrected chi connectivity index (χ3v) is 2.01. The molecule has 0 aliphatic carbocycles. The molecule has 3 atom stereocenters. The molecule has 2 heterocycles. The van der Waals surface area contributed by atoms with Crippen molar-refractivity contribution in [3.63, 3.8) is 0 Å². The topological polar surface area (TPSA) is 38.7 Å². The van der Waals surface area contributed by atoms with Crippen LogP contribution in [0.4, 0.5) is 0 Å². The summed E-state index contributed by atoms with van der Waals surface area (Å²) in [6.45, 7) is 1.20. The fraction of sp³-hybridized carbons (Fsp3) is 1.00. The van der Waals surface area contributed by atoms with Crippen LogP contribution in [0.2, 0.25) is 0 Å². The number of rotatable bonds is 0. The van der Waals surface area contributed by atoms with Crippen molar-refractivity contribution in [1.82, 2.24) is 0 Å². The SMILES string of the molecule is O[C@H]1COC2OCCC21. The number of aliphatic hydroxyl groups excluding tert-OH is 1. The molecule has 3 heteroatoms. The Hall–Kier alpha value is -0.120. The Kier molecular flexibility index (Phi) is 1.22. The third kappa shape index (κ3) is 0.764. The summed E-state index contributed by atoms with van der Waals surface area (Å²) in [6, 6.07) is 0. The highest BCUT2D eigenvalue weighted by molar-refractivity contribution is 4.81. The second-order valence-electron chi connectivity index (χ2n) is 2.59. The normalized spacial score (nSPS) is 49.7. The molecule has 9 heavy (non-hydrogen) atoms. The molecule has 0 aromatic rings. The lowest BCUT2D eigenvalue weighted by molar-refractivity contribution is -0.0907. The van der Waals surface area contributed by atoms with E-state index in [1.165, 1.54) is 0 Å². The maximum Gasteiger partial charge on any atom is 0.163 e. The van der Waals surface area contributed by atoms with E-state index < -0.39 is 0 Å². The van der Waals surface area contributed by atoms with E-state index in [9.17, 15) is 5.11 Å². The second kappa shape index (κ2) is 1.94. The molecule has 2 saturated heterocycles. The van der Waals surface area contributed by atoms with Crippen molar-refractivity contribution in [2.75, 3.05) is 13.2 Å². The Labute approximate surface area is 53.6 Å². The molecule has 3 nitrogen and oxygen atoms in total. The fourth-order valence-electron chi connectivity index (χ4n) is 1.44. The molecule has 2 aliphatic rings. The van der Waals surface area contributed by atoms with Crippen molar-refractivity contribution in [1.29, 1.82) is 0 Å². The van der Waals surface area contributed by atoms with Gasteiger partial charge in [-0.2, -0.15) is 0 Å². The Morgan fingerprint density at radius 1 is 1.33 bits per heavy atom. The number of hydrogen-bond acceptors (Lipinski definition) is 3. The summed E-state index contributed by atoms with van der Waals surface area (Å²) in [5, 5.41) is 9.19.